The van der Waals surface area contributed by atoms with Crippen LogP contribution in [0.15, 0.2) is 42.5 Å². The molecule has 0 amide bonds. The number of carbonyl (C=O) groups is 1. The molecule has 0 radical (unpaired) electrons. The first-order valence-electron chi connectivity index (χ1n) is 7.05. The smallest absolute Gasteiger partial charge is 0.545 e. The van der Waals surface area contributed by atoms with E-state index in [0.29, 0.717) is 17.7 Å². The van der Waals surface area contributed by atoms with Gasteiger partial charge in [0.05, 0.1) is 5.97 Å². The Hall–Kier alpha value is -1.67. The van der Waals surface area contributed by atoms with Crippen molar-refractivity contribution in [2.75, 3.05) is 0 Å². The molecule has 0 saturated carbocycles. The quantitative estimate of drug-likeness (QED) is 0.527. The van der Waals surface area contributed by atoms with Crippen molar-refractivity contribution in [3.8, 4) is 11.5 Å². The topological polar surface area (TPSA) is 49.4 Å². The first-order chi connectivity index (χ1) is 10.2. The van der Waals surface area contributed by atoms with Crippen LogP contribution in [0.4, 0.5) is 0 Å². The van der Waals surface area contributed by atoms with Crippen LogP contribution in [0.5, 0.6) is 11.5 Å². The monoisotopic (exact) mass is 346 g/mol. The number of carbonyl (C=O) groups excluding carboxylic acids is 1. The Balaban J connectivity index is 0.000000436. The summed E-state index contributed by atoms with van der Waals surface area (Å²) in [5.74, 6) is 0.228. The second-order valence-electron chi connectivity index (χ2n) is 4.81. The molecule has 0 aromatic heterocycles. The van der Waals surface area contributed by atoms with Crippen molar-refractivity contribution in [1.82, 2.24) is 0 Å². The molecule has 22 heavy (non-hydrogen) atoms. The van der Waals surface area contributed by atoms with Gasteiger partial charge in [-0.15, -0.1) is 0 Å². The van der Waals surface area contributed by atoms with Gasteiger partial charge in [0, 0.05) is 17.5 Å². The van der Waals surface area contributed by atoms with Gasteiger partial charge in [0.1, 0.15) is 11.5 Å². The van der Waals surface area contributed by atoms with E-state index in [9.17, 15) is 9.90 Å². The molecule has 0 atom stereocenters. The van der Waals surface area contributed by atoms with Gasteiger partial charge in [-0.05, 0) is 17.7 Å². The van der Waals surface area contributed by atoms with Crippen LogP contribution < -0.4 is 9.84 Å². The van der Waals surface area contributed by atoms with Crippen LogP contribution in [0.3, 0.4) is 0 Å². The van der Waals surface area contributed by atoms with Crippen LogP contribution in [0, 0.1) is 6.92 Å². The third-order valence-corrected chi connectivity index (χ3v) is 3.27. The fraction of sp³-hybridized carbons (Fsp3) is 0.222. The number of benzene rings is 2. The van der Waals surface area contributed by atoms with Crippen LogP contribution in [0.1, 0.15) is 41.3 Å². The molecule has 0 aliphatic carbocycles. The van der Waals surface area contributed by atoms with Gasteiger partial charge in [0.2, 0.25) is 0 Å². The molecule has 1 heterocycles. The Morgan fingerprint density at radius 1 is 1.18 bits per heavy atom. The van der Waals surface area contributed by atoms with Crippen molar-refractivity contribution in [3.05, 3.63) is 66.1 Å². The maximum absolute atomic E-state index is 11.0. The molecule has 110 valence electrons. The number of carboxylic acids is 1. The van der Waals surface area contributed by atoms with Crippen molar-refractivity contribution in [2.45, 2.75) is 26.2 Å². The number of aromatic carboxylic acids is 1. The Bertz CT molecular complexity index is 636. The zero-order valence-corrected chi connectivity index (χ0v) is 15.8. The van der Waals surface area contributed by atoms with Gasteiger partial charge in [0.25, 0.3) is 0 Å². The second-order valence-corrected chi connectivity index (χ2v) is 4.81. The van der Waals surface area contributed by atoms with Crippen LogP contribution in [-0.4, -0.2) is 5.97 Å². The average Bonchev–Trinajstić information content (AvgIpc) is 2.52. The fourth-order valence-corrected chi connectivity index (χ4v) is 2.09. The van der Waals surface area contributed by atoms with E-state index in [4.69, 9.17) is 4.74 Å². The number of unbranched alkanes of at least 4 members (excludes halogenated alkanes) is 1. The van der Waals surface area contributed by atoms with Gasteiger partial charge in [-0.2, -0.15) is 6.42 Å². The van der Waals surface area contributed by atoms with Gasteiger partial charge in [0.15, 0.2) is 0 Å². The van der Waals surface area contributed by atoms with Gasteiger partial charge < -0.3 is 21.6 Å². The SMILES string of the molecule is O=C([O-])c1cccc2c1Cc1ccccc1O2.[CH2-]CCC.[Zn+2]. The molecule has 0 fully saturated rings. The first kappa shape index (κ1) is 18.4. The molecule has 2 aromatic carbocycles. The number of carboxylic acid groups (broad SMARTS) is 1. The number of hydrogen-bond acceptors (Lipinski definition) is 3. The van der Waals surface area contributed by atoms with Gasteiger partial charge in [-0.3, -0.25) is 0 Å². The molecule has 0 N–H and O–H groups in total. The van der Waals surface area contributed by atoms with Crippen molar-refractivity contribution in [1.29, 1.82) is 0 Å². The average molecular weight is 348 g/mol. The first-order valence-corrected chi connectivity index (χ1v) is 7.05. The van der Waals surface area contributed by atoms with Gasteiger partial charge in [-0.1, -0.05) is 43.7 Å². The third-order valence-electron chi connectivity index (χ3n) is 3.27. The summed E-state index contributed by atoms with van der Waals surface area (Å²) in [5, 5.41) is 11.0. The zero-order chi connectivity index (χ0) is 15.2. The molecule has 3 nitrogen and oxygen atoms in total. The van der Waals surface area contributed by atoms with E-state index in [1.807, 2.05) is 24.3 Å². The Morgan fingerprint density at radius 2 is 1.82 bits per heavy atom. The summed E-state index contributed by atoms with van der Waals surface area (Å²) in [6.07, 6.45) is 2.84. The fourth-order valence-electron chi connectivity index (χ4n) is 2.09. The van der Waals surface area contributed by atoms with E-state index in [1.54, 1.807) is 18.2 Å². The summed E-state index contributed by atoms with van der Waals surface area (Å²) < 4.78 is 5.68. The summed E-state index contributed by atoms with van der Waals surface area (Å²) in [6, 6.07) is 12.6. The molecule has 0 unspecified atom stereocenters. The summed E-state index contributed by atoms with van der Waals surface area (Å²) in [7, 11) is 0. The van der Waals surface area contributed by atoms with Crippen molar-refractivity contribution < 1.29 is 34.1 Å². The van der Waals surface area contributed by atoms with Crippen LogP contribution in [0.2, 0.25) is 0 Å². The van der Waals surface area contributed by atoms with E-state index >= 15 is 0 Å². The number of hydrogen-bond donors (Lipinski definition) is 0. The van der Waals surface area contributed by atoms with Crippen molar-refractivity contribution in [3.63, 3.8) is 0 Å². The molecule has 0 bridgehead atoms. The maximum atomic E-state index is 11.0. The maximum Gasteiger partial charge on any atom is 2.00 e. The van der Waals surface area contributed by atoms with E-state index in [-0.39, 0.29) is 25.0 Å². The van der Waals surface area contributed by atoms with Crippen molar-refractivity contribution in [2.24, 2.45) is 0 Å². The largest absolute Gasteiger partial charge is 2.00 e. The molecule has 1 aliphatic rings. The molecular formula is C18H18O3Zn. The third kappa shape index (κ3) is 4.17. The van der Waals surface area contributed by atoms with Crippen LogP contribution >= 0.6 is 0 Å². The normalized spacial score (nSPS) is 10.8. The molecule has 1 aliphatic heterocycles. The molecule has 0 saturated heterocycles. The minimum Gasteiger partial charge on any atom is -0.545 e. The standard InChI is InChI=1S/C14H10O3.C4H9.Zn/c15-14(16)10-5-3-7-13-11(10)8-9-4-1-2-6-12(9)17-13;1-3-4-2;/h1-7H,8H2,(H,15,16);1,3-4H2,2H3;/q;-1;+2/p-1. The Morgan fingerprint density at radius 3 is 2.45 bits per heavy atom. The predicted octanol–water partition coefficient (Wildman–Crippen LogP) is 3.36. The second kappa shape index (κ2) is 8.70. The van der Waals surface area contributed by atoms with Gasteiger partial charge >= 0.3 is 19.5 Å². The Kier molecular flexibility index (Phi) is 7.27. The zero-order valence-electron chi connectivity index (χ0n) is 12.8. The van der Waals surface area contributed by atoms with E-state index in [1.165, 1.54) is 6.42 Å². The van der Waals surface area contributed by atoms with Gasteiger partial charge in [-0.25, -0.2) is 0 Å². The van der Waals surface area contributed by atoms with Crippen LogP contribution in [0.25, 0.3) is 0 Å². The summed E-state index contributed by atoms with van der Waals surface area (Å²) >= 11 is 0. The number of rotatable bonds is 2. The number of fused-ring (bicyclic) bond motifs is 2. The number of ether oxygens (including phenoxy) is 1. The van der Waals surface area contributed by atoms with E-state index < -0.39 is 5.97 Å². The molecule has 0 spiro atoms. The predicted molar refractivity (Wildman–Crippen MR) is 80.4 cm³/mol. The van der Waals surface area contributed by atoms with Crippen molar-refractivity contribution >= 4 is 5.97 Å². The molecule has 2 aromatic rings. The minimum absolute atomic E-state index is 0. The Labute approximate surface area is 144 Å². The summed E-state index contributed by atoms with van der Waals surface area (Å²) in [5.41, 5.74) is 1.89. The van der Waals surface area contributed by atoms with Crippen LogP contribution in [-0.2, 0) is 25.9 Å². The van der Waals surface area contributed by atoms with E-state index in [0.717, 1.165) is 17.7 Å². The number of para-hydroxylation sites is 1. The minimum atomic E-state index is -1.16. The summed E-state index contributed by atoms with van der Waals surface area (Å²) in [6.45, 7) is 5.72. The molecule has 4 heteroatoms. The molecular weight excluding hydrogens is 330 g/mol. The molecule has 3 rings (SSSR count). The summed E-state index contributed by atoms with van der Waals surface area (Å²) in [4.78, 5) is 11.0. The van der Waals surface area contributed by atoms with E-state index in [2.05, 4.69) is 13.8 Å².